The van der Waals surface area contributed by atoms with Crippen molar-refractivity contribution in [3.8, 4) is 0 Å². The van der Waals surface area contributed by atoms with E-state index < -0.39 is 11.5 Å². The fraction of sp³-hybridized carbons (Fsp3) is 0.900. The zero-order valence-corrected chi connectivity index (χ0v) is 15.4. The molecule has 3 heteroatoms. The van der Waals surface area contributed by atoms with Gasteiger partial charge in [-0.05, 0) is 68.6 Å². The maximum Gasteiger partial charge on any atom is 0.143 e. The molecule has 5 atom stereocenters. The van der Waals surface area contributed by atoms with Crippen LogP contribution in [0.4, 0.5) is 4.39 Å². The van der Waals surface area contributed by atoms with Crippen LogP contribution >= 0.6 is 11.6 Å². The summed E-state index contributed by atoms with van der Waals surface area (Å²) in [5.74, 6) is 2.94. The van der Waals surface area contributed by atoms with Crippen molar-refractivity contribution < 1.29 is 9.13 Å². The highest BCUT2D eigenvalue weighted by Gasteiger charge is 2.41. The predicted molar refractivity (Wildman–Crippen MR) is 94.6 cm³/mol. The fourth-order valence-electron chi connectivity index (χ4n) is 5.12. The molecular weight excluding hydrogens is 311 g/mol. The molecule has 0 amide bonds. The number of hydrogen-bond acceptors (Lipinski definition) is 1. The molecule has 3 aliphatic carbocycles. The number of rotatable bonds is 3. The highest BCUT2D eigenvalue weighted by molar-refractivity contribution is 6.21. The van der Waals surface area contributed by atoms with Crippen LogP contribution in [0.5, 0.6) is 0 Å². The average molecular weight is 343 g/mol. The molecule has 0 radical (unpaired) electrons. The van der Waals surface area contributed by atoms with Crippen LogP contribution in [0.2, 0.25) is 0 Å². The average Bonchev–Trinajstić information content (AvgIpc) is 2.58. The fourth-order valence-corrected chi connectivity index (χ4v) is 5.57. The van der Waals surface area contributed by atoms with Crippen LogP contribution in [-0.2, 0) is 4.74 Å². The molecular formula is C20H32ClFO. The summed E-state index contributed by atoms with van der Waals surface area (Å²) in [5.41, 5.74) is 1.43. The minimum Gasteiger partial charge on any atom is -0.378 e. The minimum atomic E-state index is -1.03. The molecule has 0 saturated heterocycles. The number of alkyl halides is 2. The van der Waals surface area contributed by atoms with Gasteiger partial charge in [0, 0.05) is 7.11 Å². The molecule has 0 spiro atoms. The van der Waals surface area contributed by atoms with E-state index in [1.54, 1.807) is 7.11 Å². The minimum absolute atomic E-state index is 0.227. The maximum atomic E-state index is 14.4. The van der Waals surface area contributed by atoms with E-state index in [1.165, 1.54) is 44.1 Å². The summed E-state index contributed by atoms with van der Waals surface area (Å²) in [6.07, 6.45) is 12.1. The van der Waals surface area contributed by atoms with Gasteiger partial charge in [0.15, 0.2) is 0 Å². The smallest absolute Gasteiger partial charge is 0.143 e. The molecule has 3 rings (SSSR count). The Morgan fingerprint density at radius 3 is 2.39 bits per heavy atom. The van der Waals surface area contributed by atoms with Crippen LogP contribution < -0.4 is 0 Å². The topological polar surface area (TPSA) is 9.23 Å². The Morgan fingerprint density at radius 1 is 1.04 bits per heavy atom. The van der Waals surface area contributed by atoms with Crippen LogP contribution in [0.1, 0.15) is 64.7 Å². The Balaban J connectivity index is 1.56. The SMILES string of the molecule is COC1CCC(C2=CCC(C3CCC(C)CC3)CC2)C(Cl)C1F. The Morgan fingerprint density at radius 2 is 1.78 bits per heavy atom. The molecule has 0 heterocycles. The summed E-state index contributed by atoms with van der Waals surface area (Å²) in [6.45, 7) is 2.39. The summed E-state index contributed by atoms with van der Waals surface area (Å²) in [5, 5.41) is -0.410. The van der Waals surface area contributed by atoms with Crippen molar-refractivity contribution in [1.29, 1.82) is 0 Å². The monoisotopic (exact) mass is 342 g/mol. The summed E-state index contributed by atoms with van der Waals surface area (Å²) in [7, 11) is 1.59. The predicted octanol–water partition coefficient (Wildman–Crippen LogP) is 5.91. The van der Waals surface area contributed by atoms with Crippen molar-refractivity contribution in [3.63, 3.8) is 0 Å². The highest BCUT2D eigenvalue weighted by Crippen LogP contribution is 2.44. The lowest BCUT2D eigenvalue weighted by Gasteiger charge is -2.39. The highest BCUT2D eigenvalue weighted by atomic mass is 35.5. The zero-order chi connectivity index (χ0) is 16.4. The molecule has 0 aromatic heterocycles. The first-order valence-electron chi connectivity index (χ1n) is 9.60. The third kappa shape index (κ3) is 3.95. The summed E-state index contributed by atoms with van der Waals surface area (Å²) < 4.78 is 19.6. The van der Waals surface area contributed by atoms with E-state index in [0.29, 0.717) is 0 Å². The molecule has 0 aromatic carbocycles. The van der Waals surface area contributed by atoms with Crippen molar-refractivity contribution in [2.75, 3.05) is 7.11 Å². The lowest BCUT2D eigenvalue weighted by Crippen LogP contribution is -2.42. The Labute approximate surface area is 146 Å². The molecule has 0 aliphatic heterocycles. The maximum absolute atomic E-state index is 14.4. The van der Waals surface area contributed by atoms with Crippen molar-refractivity contribution in [2.24, 2.45) is 23.7 Å². The Hall–Kier alpha value is -0.0800. The van der Waals surface area contributed by atoms with Crippen molar-refractivity contribution >= 4 is 11.6 Å². The van der Waals surface area contributed by atoms with Gasteiger partial charge in [-0.2, -0.15) is 0 Å². The second kappa shape index (κ2) is 7.87. The molecule has 0 N–H and O–H groups in total. The van der Waals surface area contributed by atoms with Gasteiger partial charge in [-0.1, -0.05) is 31.4 Å². The van der Waals surface area contributed by atoms with E-state index in [-0.39, 0.29) is 12.0 Å². The summed E-state index contributed by atoms with van der Waals surface area (Å²) in [4.78, 5) is 0. The van der Waals surface area contributed by atoms with Gasteiger partial charge >= 0.3 is 0 Å². The summed E-state index contributed by atoms with van der Waals surface area (Å²) >= 11 is 6.45. The van der Waals surface area contributed by atoms with Crippen LogP contribution in [0.25, 0.3) is 0 Å². The molecule has 1 nitrogen and oxygen atoms in total. The lowest BCUT2D eigenvalue weighted by molar-refractivity contribution is -0.00267. The molecule has 0 aromatic rings. The van der Waals surface area contributed by atoms with Crippen LogP contribution in [-0.4, -0.2) is 24.8 Å². The van der Waals surface area contributed by atoms with Crippen molar-refractivity contribution in [2.45, 2.75) is 82.4 Å². The second-order valence-electron chi connectivity index (χ2n) is 8.18. The third-order valence-electron chi connectivity index (χ3n) is 6.80. The van der Waals surface area contributed by atoms with Gasteiger partial charge in [0.05, 0.1) is 11.5 Å². The first-order valence-corrected chi connectivity index (χ1v) is 10.0. The number of ether oxygens (including phenoxy) is 1. The third-order valence-corrected chi connectivity index (χ3v) is 7.34. The summed E-state index contributed by atoms with van der Waals surface area (Å²) in [6, 6.07) is 0. The van der Waals surface area contributed by atoms with Crippen molar-refractivity contribution in [1.82, 2.24) is 0 Å². The molecule has 2 saturated carbocycles. The molecule has 132 valence electrons. The van der Waals surface area contributed by atoms with Gasteiger partial charge in [0.1, 0.15) is 6.17 Å². The molecule has 23 heavy (non-hydrogen) atoms. The van der Waals surface area contributed by atoms with Gasteiger partial charge in [0.2, 0.25) is 0 Å². The normalized spacial score (nSPS) is 45.6. The molecule has 2 fully saturated rings. The van der Waals surface area contributed by atoms with Gasteiger partial charge < -0.3 is 4.74 Å². The van der Waals surface area contributed by atoms with Gasteiger partial charge in [0.25, 0.3) is 0 Å². The van der Waals surface area contributed by atoms with Crippen LogP contribution in [0.15, 0.2) is 11.6 Å². The first kappa shape index (κ1) is 17.7. The second-order valence-corrected chi connectivity index (χ2v) is 8.68. The van der Waals surface area contributed by atoms with Gasteiger partial charge in [-0.3, -0.25) is 0 Å². The Kier molecular flexibility index (Phi) is 6.07. The van der Waals surface area contributed by atoms with Crippen LogP contribution in [0.3, 0.4) is 0 Å². The number of methoxy groups -OCH3 is 1. The van der Waals surface area contributed by atoms with E-state index in [0.717, 1.165) is 37.0 Å². The zero-order valence-electron chi connectivity index (χ0n) is 14.6. The van der Waals surface area contributed by atoms with E-state index in [4.69, 9.17) is 16.3 Å². The quantitative estimate of drug-likeness (QED) is 0.457. The largest absolute Gasteiger partial charge is 0.378 e. The van der Waals surface area contributed by atoms with Crippen LogP contribution in [0, 0.1) is 23.7 Å². The molecule has 5 unspecified atom stereocenters. The standard InChI is InChI=1S/C20H32ClFO/c1-13-3-5-14(6-4-13)15-7-9-16(10-8-15)17-11-12-18(23-2)20(22)19(17)21/h9,13-15,17-20H,3-8,10-12H2,1-2H3. The molecule has 3 aliphatic rings. The number of hydrogen-bond donors (Lipinski definition) is 0. The number of halogens is 2. The first-order chi connectivity index (χ1) is 11.1. The van der Waals surface area contributed by atoms with E-state index in [2.05, 4.69) is 13.0 Å². The lowest BCUT2D eigenvalue weighted by atomic mass is 9.69. The van der Waals surface area contributed by atoms with E-state index in [1.807, 2.05) is 0 Å². The van der Waals surface area contributed by atoms with Gasteiger partial charge in [-0.25, -0.2) is 4.39 Å². The van der Waals surface area contributed by atoms with E-state index in [9.17, 15) is 4.39 Å². The van der Waals surface area contributed by atoms with Crippen molar-refractivity contribution in [3.05, 3.63) is 11.6 Å². The number of allylic oxidation sites excluding steroid dienone is 2. The Bertz CT molecular complexity index is 416. The molecule has 0 bridgehead atoms. The van der Waals surface area contributed by atoms with E-state index >= 15 is 0 Å². The van der Waals surface area contributed by atoms with Gasteiger partial charge in [-0.15, -0.1) is 11.6 Å².